The van der Waals surface area contributed by atoms with Crippen LogP contribution in [0.5, 0.6) is 0 Å². The zero-order valence-electron chi connectivity index (χ0n) is 19.9. The Morgan fingerprint density at radius 3 is 2.60 bits per heavy atom. The van der Waals surface area contributed by atoms with Gasteiger partial charge in [0.2, 0.25) is 5.95 Å². The molecule has 1 aromatic heterocycles. The van der Waals surface area contributed by atoms with Crippen LogP contribution in [0.1, 0.15) is 26.3 Å². The number of esters is 1. The molecule has 1 unspecified atom stereocenters. The minimum Gasteiger partial charge on any atom is -0.460 e. The molecule has 2 aromatic carbocycles. The third-order valence-corrected chi connectivity index (χ3v) is 5.22. The highest BCUT2D eigenvalue weighted by Crippen LogP contribution is 2.30. The summed E-state index contributed by atoms with van der Waals surface area (Å²) in [4.78, 5) is 31.9. The highest BCUT2D eigenvalue weighted by atomic mass is 16.6. The van der Waals surface area contributed by atoms with Gasteiger partial charge in [-0.1, -0.05) is 6.58 Å². The molecule has 0 aliphatic rings. The lowest BCUT2D eigenvalue weighted by Crippen LogP contribution is -2.28. The number of rotatable bonds is 11. The summed E-state index contributed by atoms with van der Waals surface area (Å²) in [6.45, 7) is 10.3. The SMILES string of the molecule is C=C(C)C(=O)OCCN(CC)c1ccc(N=Nc2nc3c(CC(C)O)c([N+](=O)[O-])ccc3[nH]2)cc1. The number of H-pyrrole nitrogens is 1. The third kappa shape index (κ3) is 6.48. The number of benzene rings is 2. The van der Waals surface area contributed by atoms with Crippen LogP contribution >= 0.6 is 0 Å². The van der Waals surface area contributed by atoms with Gasteiger partial charge < -0.3 is 19.7 Å². The van der Waals surface area contributed by atoms with Gasteiger partial charge in [0.1, 0.15) is 12.1 Å². The average molecular weight is 481 g/mol. The van der Waals surface area contributed by atoms with E-state index in [1.807, 2.05) is 19.1 Å². The number of carbonyl (C=O) groups is 1. The lowest BCUT2D eigenvalue weighted by atomic mass is 10.0. The second-order valence-electron chi connectivity index (χ2n) is 8.04. The molecule has 0 aliphatic carbocycles. The van der Waals surface area contributed by atoms with E-state index in [1.165, 1.54) is 6.07 Å². The van der Waals surface area contributed by atoms with Crippen LogP contribution in [-0.2, 0) is 16.0 Å². The van der Waals surface area contributed by atoms with E-state index in [4.69, 9.17) is 4.74 Å². The van der Waals surface area contributed by atoms with Crippen molar-refractivity contribution in [3.05, 3.63) is 64.2 Å². The number of hydrogen-bond donors (Lipinski definition) is 2. The number of aromatic amines is 1. The summed E-state index contributed by atoms with van der Waals surface area (Å²) in [5.74, 6) is -0.207. The standard InChI is InChI=1S/C24H28N6O5/c1-5-29(12-13-35-23(32)15(2)3)18-8-6-17(7-9-18)27-28-24-25-20-10-11-21(30(33)34)19(14-16(4)31)22(20)26-24/h6-11,16,31H,2,5,12-14H2,1,3-4H3,(H,25,26). The number of nitrogens with zero attached hydrogens (tertiary/aromatic N) is 5. The van der Waals surface area contributed by atoms with Gasteiger partial charge in [-0.15, -0.1) is 10.2 Å². The smallest absolute Gasteiger partial charge is 0.333 e. The molecule has 0 bridgehead atoms. The molecule has 1 atom stereocenters. The lowest BCUT2D eigenvalue weighted by Gasteiger charge is -2.22. The quantitative estimate of drug-likeness (QED) is 0.132. The topological polar surface area (TPSA) is 146 Å². The fourth-order valence-electron chi connectivity index (χ4n) is 3.50. The zero-order chi connectivity index (χ0) is 25.5. The summed E-state index contributed by atoms with van der Waals surface area (Å²) in [6, 6.07) is 10.3. The van der Waals surface area contributed by atoms with E-state index < -0.39 is 17.0 Å². The molecule has 0 radical (unpaired) electrons. The molecule has 3 rings (SSSR count). The lowest BCUT2D eigenvalue weighted by molar-refractivity contribution is -0.385. The molecule has 2 N–H and O–H groups in total. The Hall–Kier alpha value is -4.12. The number of likely N-dealkylation sites (N-methyl/N-ethyl adjacent to an activating group) is 1. The van der Waals surface area contributed by atoms with Gasteiger partial charge in [-0.2, -0.15) is 0 Å². The molecule has 3 aromatic rings. The van der Waals surface area contributed by atoms with Gasteiger partial charge in [0.15, 0.2) is 0 Å². The summed E-state index contributed by atoms with van der Waals surface area (Å²) >= 11 is 0. The predicted octanol–water partition coefficient (Wildman–Crippen LogP) is 4.76. The van der Waals surface area contributed by atoms with Crippen molar-refractivity contribution in [3.63, 3.8) is 0 Å². The van der Waals surface area contributed by atoms with E-state index in [9.17, 15) is 20.0 Å². The molecule has 35 heavy (non-hydrogen) atoms. The number of imidazole rings is 1. The molecular weight excluding hydrogens is 452 g/mol. The molecule has 184 valence electrons. The van der Waals surface area contributed by atoms with E-state index >= 15 is 0 Å². The predicted molar refractivity (Wildman–Crippen MR) is 132 cm³/mol. The summed E-state index contributed by atoms with van der Waals surface area (Å²) in [5.41, 5.74) is 3.10. The number of nitrogens with one attached hydrogen (secondary N) is 1. The van der Waals surface area contributed by atoms with Gasteiger partial charge in [0, 0.05) is 30.3 Å². The Morgan fingerprint density at radius 2 is 2.00 bits per heavy atom. The Bertz CT molecular complexity index is 1250. The number of anilines is 1. The third-order valence-electron chi connectivity index (χ3n) is 5.22. The number of aliphatic hydroxyl groups excluding tert-OH is 1. The maximum atomic E-state index is 11.5. The van der Waals surface area contributed by atoms with Gasteiger partial charge in [0.05, 0.1) is 34.3 Å². The Labute approximate surface area is 202 Å². The Morgan fingerprint density at radius 1 is 1.29 bits per heavy atom. The summed E-state index contributed by atoms with van der Waals surface area (Å²) in [7, 11) is 0. The molecule has 0 aliphatic heterocycles. The number of aliphatic hydroxyl groups is 1. The van der Waals surface area contributed by atoms with Crippen LogP contribution in [0.2, 0.25) is 0 Å². The number of azo groups is 1. The number of ether oxygens (including phenoxy) is 1. The molecule has 0 spiro atoms. The first-order chi connectivity index (χ1) is 16.7. The van der Waals surface area contributed by atoms with Crippen molar-refractivity contribution in [2.24, 2.45) is 10.2 Å². The van der Waals surface area contributed by atoms with Crippen LogP contribution in [0.4, 0.5) is 23.0 Å². The maximum Gasteiger partial charge on any atom is 0.333 e. The van der Waals surface area contributed by atoms with Crippen molar-refractivity contribution in [2.75, 3.05) is 24.6 Å². The van der Waals surface area contributed by atoms with Gasteiger partial charge >= 0.3 is 5.97 Å². The number of hydrogen-bond acceptors (Lipinski definition) is 9. The summed E-state index contributed by atoms with van der Waals surface area (Å²) in [5, 5.41) is 29.5. The summed E-state index contributed by atoms with van der Waals surface area (Å²) in [6.07, 6.45) is -0.669. The molecule has 0 amide bonds. The van der Waals surface area contributed by atoms with Crippen LogP contribution in [0.25, 0.3) is 11.0 Å². The molecule has 11 nitrogen and oxygen atoms in total. The fourth-order valence-corrected chi connectivity index (χ4v) is 3.50. The van der Waals surface area contributed by atoms with E-state index in [0.717, 1.165) is 12.2 Å². The monoisotopic (exact) mass is 480 g/mol. The van der Waals surface area contributed by atoms with Crippen LogP contribution in [0.3, 0.4) is 0 Å². The molecule has 1 heterocycles. The number of carbonyl (C=O) groups excluding carboxylic acids is 1. The first-order valence-corrected chi connectivity index (χ1v) is 11.1. The highest BCUT2D eigenvalue weighted by molar-refractivity contribution is 5.87. The van der Waals surface area contributed by atoms with Gasteiger partial charge in [-0.25, -0.2) is 9.78 Å². The van der Waals surface area contributed by atoms with Crippen LogP contribution in [-0.4, -0.2) is 51.8 Å². The van der Waals surface area contributed by atoms with Crippen molar-refractivity contribution in [3.8, 4) is 0 Å². The van der Waals surface area contributed by atoms with Crippen molar-refractivity contribution < 1.29 is 19.6 Å². The zero-order valence-corrected chi connectivity index (χ0v) is 19.9. The second-order valence-corrected chi connectivity index (χ2v) is 8.04. The van der Waals surface area contributed by atoms with Gasteiger partial charge in [0.25, 0.3) is 5.69 Å². The van der Waals surface area contributed by atoms with Crippen molar-refractivity contribution >= 4 is 40.0 Å². The molecule has 0 fully saturated rings. The average Bonchev–Trinajstić information content (AvgIpc) is 3.24. The largest absolute Gasteiger partial charge is 0.460 e. The summed E-state index contributed by atoms with van der Waals surface area (Å²) < 4.78 is 5.17. The van der Waals surface area contributed by atoms with E-state index in [1.54, 1.807) is 32.0 Å². The van der Waals surface area contributed by atoms with Gasteiger partial charge in [-0.05, 0) is 51.1 Å². The Balaban J connectivity index is 1.74. The van der Waals surface area contributed by atoms with Crippen LogP contribution in [0.15, 0.2) is 58.8 Å². The minimum absolute atomic E-state index is 0.0941. The number of nitro benzene ring substituents is 1. The maximum absolute atomic E-state index is 11.5. The fraction of sp³-hybridized carbons (Fsp3) is 0.333. The van der Waals surface area contributed by atoms with Crippen LogP contribution in [0, 0.1) is 10.1 Å². The normalized spacial score (nSPS) is 12.1. The van der Waals surface area contributed by atoms with Crippen molar-refractivity contribution in [1.82, 2.24) is 9.97 Å². The molecule has 0 saturated heterocycles. The number of fused-ring (bicyclic) bond motifs is 1. The molecule has 11 heteroatoms. The van der Waals surface area contributed by atoms with Crippen molar-refractivity contribution in [2.45, 2.75) is 33.3 Å². The number of nitro groups is 1. The molecular formula is C24H28N6O5. The second kappa shape index (κ2) is 11.3. The highest BCUT2D eigenvalue weighted by Gasteiger charge is 2.21. The first-order valence-electron chi connectivity index (χ1n) is 11.1. The van der Waals surface area contributed by atoms with Gasteiger partial charge in [-0.3, -0.25) is 10.1 Å². The minimum atomic E-state index is -0.763. The van der Waals surface area contributed by atoms with E-state index in [-0.39, 0.29) is 24.7 Å². The Kier molecular flexibility index (Phi) is 8.26. The van der Waals surface area contributed by atoms with Crippen molar-refractivity contribution in [1.29, 1.82) is 0 Å². The van der Waals surface area contributed by atoms with Crippen LogP contribution < -0.4 is 4.90 Å². The van der Waals surface area contributed by atoms with E-state index in [2.05, 4.69) is 31.7 Å². The van der Waals surface area contributed by atoms with E-state index in [0.29, 0.717) is 34.4 Å². The number of aromatic nitrogens is 2. The molecule has 0 saturated carbocycles. The first kappa shape index (κ1) is 25.5.